The van der Waals surface area contributed by atoms with Gasteiger partial charge < -0.3 is 15.2 Å². The molecule has 0 aliphatic carbocycles. The van der Waals surface area contributed by atoms with Crippen LogP contribution in [-0.4, -0.2) is 25.3 Å². The number of hydrogen-bond donors (Lipinski definition) is 1. The van der Waals surface area contributed by atoms with Gasteiger partial charge in [-0.15, -0.1) is 0 Å². The molecule has 0 radical (unpaired) electrons. The van der Waals surface area contributed by atoms with Gasteiger partial charge in [-0.05, 0) is 6.07 Å². The molecule has 0 aliphatic rings. The average Bonchev–Trinajstić information content (AvgIpc) is 2.03. The lowest BCUT2D eigenvalue weighted by atomic mass is 10.4. The fraction of sp³-hybridized carbons (Fsp3) is 0.375. The first-order valence-electron chi connectivity index (χ1n) is 3.77. The summed E-state index contributed by atoms with van der Waals surface area (Å²) in [7, 11) is 1.60. The molecule has 0 fully saturated rings. The molecule has 0 spiro atoms. The first kappa shape index (κ1) is 10.1. The summed E-state index contributed by atoms with van der Waals surface area (Å²) >= 11 is 5.73. The highest BCUT2D eigenvalue weighted by atomic mass is 35.5. The molecular formula is C8H11ClN2O2. The van der Waals surface area contributed by atoms with Crippen LogP contribution < -0.4 is 10.5 Å². The third-order valence-electron chi connectivity index (χ3n) is 1.32. The SMILES string of the molecule is COCCOc1cc(Cl)cc(N)n1. The number of nitrogens with zero attached hydrogens (tertiary/aromatic N) is 1. The summed E-state index contributed by atoms with van der Waals surface area (Å²) in [6, 6.07) is 3.16. The van der Waals surface area contributed by atoms with E-state index in [1.165, 1.54) is 0 Å². The second kappa shape index (κ2) is 4.89. The van der Waals surface area contributed by atoms with E-state index in [4.69, 9.17) is 26.8 Å². The number of anilines is 1. The zero-order valence-electron chi connectivity index (χ0n) is 7.29. The predicted octanol–water partition coefficient (Wildman–Crippen LogP) is 1.34. The summed E-state index contributed by atoms with van der Waals surface area (Å²) in [6.07, 6.45) is 0. The van der Waals surface area contributed by atoms with Crippen LogP contribution in [0.5, 0.6) is 5.88 Å². The third kappa shape index (κ3) is 3.48. The zero-order chi connectivity index (χ0) is 9.68. The van der Waals surface area contributed by atoms with E-state index >= 15 is 0 Å². The van der Waals surface area contributed by atoms with Crippen molar-refractivity contribution in [2.24, 2.45) is 0 Å². The van der Waals surface area contributed by atoms with Gasteiger partial charge in [-0.2, -0.15) is 4.98 Å². The quantitative estimate of drug-likeness (QED) is 0.749. The molecule has 1 rings (SSSR count). The number of nitrogen functional groups attached to an aromatic ring is 1. The second-order valence-corrected chi connectivity index (χ2v) is 2.83. The standard InChI is InChI=1S/C8H11ClN2O2/c1-12-2-3-13-8-5-6(9)4-7(10)11-8/h4-5H,2-3H2,1H3,(H2,10,11). The average molecular weight is 203 g/mol. The lowest BCUT2D eigenvalue weighted by Gasteiger charge is -2.05. The lowest BCUT2D eigenvalue weighted by molar-refractivity contribution is 0.144. The van der Waals surface area contributed by atoms with Crippen LogP contribution in [0.3, 0.4) is 0 Å². The second-order valence-electron chi connectivity index (χ2n) is 2.39. The number of nitrogens with two attached hydrogens (primary N) is 1. The van der Waals surface area contributed by atoms with Crippen molar-refractivity contribution < 1.29 is 9.47 Å². The molecule has 0 bridgehead atoms. The minimum Gasteiger partial charge on any atom is -0.475 e. The number of hydrogen-bond acceptors (Lipinski definition) is 4. The molecule has 5 heteroatoms. The van der Waals surface area contributed by atoms with Crippen molar-refractivity contribution in [1.29, 1.82) is 0 Å². The molecule has 0 saturated carbocycles. The summed E-state index contributed by atoms with van der Waals surface area (Å²) < 4.78 is 10.0. The molecule has 0 aliphatic heterocycles. The number of pyridine rings is 1. The Hall–Kier alpha value is -1.00. The fourth-order valence-electron chi connectivity index (χ4n) is 0.796. The van der Waals surface area contributed by atoms with E-state index in [1.54, 1.807) is 19.2 Å². The van der Waals surface area contributed by atoms with Crippen LogP contribution in [0.1, 0.15) is 0 Å². The van der Waals surface area contributed by atoms with Crippen LogP contribution in [0, 0.1) is 0 Å². The highest BCUT2D eigenvalue weighted by Gasteiger charge is 1.99. The largest absolute Gasteiger partial charge is 0.475 e. The highest BCUT2D eigenvalue weighted by Crippen LogP contribution is 2.17. The van der Waals surface area contributed by atoms with Crippen LogP contribution in [-0.2, 0) is 4.74 Å². The van der Waals surface area contributed by atoms with Crippen molar-refractivity contribution in [2.75, 3.05) is 26.1 Å². The number of rotatable bonds is 4. The molecule has 1 aromatic rings. The van der Waals surface area contributed by atoms with E-state index < -0.39 is 0 Å². The Balaban J connectivity index is 2.56. The van der Waals surface area contributed by atoms with Gasteiger partial charge in [0.05, 0.1) is 6.61 Å². The van der Waals surface area contributed by atoms with Gasteiger partial charge in [-0.25, -0.2) is 0 Å². The normalized spacial score (nSPS) is 10.0. The van der Waals surface area contributed by atoms with Crippen LogP contribution in [0.2, 0.25) is 5.02 Å². The van der Waals surface area contributed by atoms with Crippen molar-refractivity contribution >= 4 is 17.4 Å². The minimum absolute atomic E-state index is 0.347. The van der Waals surface area contributed by atoms with Crippen molar-refractivity contribution in [2.45, 2.75) is 0 Å². The Morgan fingerprint density at radius 1 is 1.46 bits per heavy atom. The van der Waals surface area contributed by atoms with Gasteiger partial charge in [0, 0.05) is 18.2 Å². The van der Waals surface area contributed by atoms with E-state index in [-0.39, 0.29) is 0 Å². The number of methoxy groups -OCH3 is 1. The van der Waals surface area contributed by atoms with Crippen molar-refractivity contribution in [3.63, 3.8) is 0 Å². The van der Waals surface area contributed by atoms with Gasteiger partial charge >= 0.3 is 0 Å². The van der Waals surface area contributed by atoms with Gasteiger partial charge in [-0.3, -0.25) is 0 Å². The molecule has 0 atom stereocenters. The summed E-state index contributed by atoms with van der Waals surface area (Å²) in [4.78, 5) is 3.92. The smallest absolute Gasteiger partial charge is 0.216 e. The van der Waals surface area contributed by atoms with E-state index in [0.717, 1.165) is 0 Å². The van der Waals surface area contributed by atoms with Gasteiger partial charge in [0.15, 0.2) is 0 Å². The monoisotopic (exact) mass is 202 g/mol. The van der Waals surface area contributed by atoms with Crippen molar-refractivity contribution in [1.82, 2.24) is 4.98 Å². The molecular weight excluding hydrogens is 192 g/mol. The minimum atomic E-state index is 0.347. The van der Waals surface area contributed by atoms with Gasteiger partial charge in [-0.1, -0.05) is 11.6 Å². The summed E-state index contributed by atoms with van der Waals surface area (Å²) in [6.45, 7) is 0.942. The van der Waals surface area contributed by atoms with Crippen LogP contribution in [0.15, 0.2) is 12.1 Å². The summed E-state index contributed by atoms with van der Waals surface area (Å²) in [5.74, 6) is 0.766. The van der Waals surface area contributed by atoms with Gasteiger partial charge in [0.2, 0.25) is 5.88 Å². The summed E-state index contributed by atoms with van der Waals surface area (Å²) in [5.41, 5.74) is 5.46. The molecule has 72 valence electrons. The molecule has 0 aromatic carbocycles. The number of ether oxygens (including phenoxy) is 2. The Kier molecular flexibility index (Phi) is 3.79. The van der Waals surface area contributed by atoms with Crippen LogP contribution in [0.25, 0.3) is 0 Å². The van der Waals surface area contributed by atoms with E-state index in [9.17, 15) is 0 Å². The zero-order valence-corrected chi connectivity index (χ0v) is 8.04. The first-order valence-corrected chi connectivity index (χ1v) is 4.15. The molecule has 13 heavy (non-hydrogen) atoms. The van der Waals surface area contributed by atoms with Crippen molar-refractivity contribution in [3.05, 3.63) is 17.2 Å². The molecule has 2 N–H and O–H groups in total. The predicted molar refractivity (Wildman–Crippen MR) is 51.0 cm³/mol. The molecule has 0 saturated heterocycles. The molecule has 1 aromatic heterocycles. The number of aromatic nitrogens is 1. The molecule has 0 unspecified atom stereocenters. The van der Waals surface area contributed by atoms with Gasteiger partial charge in [0.1, 0.15) is 12.4 Å². The Bertz CT molecular complexity index is 261. The lowest BCUT2D eigenvalue weighted by Crippen LogP contribution is -2.06. The van der Waals surface area contributed by atoms with Crippen LogP contribution in [0.4, 0.5) is 5.82 Å². The van der Waals surface area contributed by atoms with Crippen LogP contribution >= 0.6 is 11.6 Å². The summed E-state index contributed by atoms with van der Waals surface area (Å²) in [5, 5.41) is 0.514. The van der Waals surface area contributed by atoms with Crippen molar-refractivity contribution in [3.8, 4) is 5.88 Å². The maximum Gasteiger partial charge on any atom is 0.216 e. The van der Waals surface area contributed by atoms with Gasteiger partial charge in [0.25, 0.3) is 0 Å². The van der Waals surface area contributed by atoms with E-state index in [2.05, 4.69) is 4.98 Å². The Labute approximate surface area is 81.6 Å². The number of halogens is 1. The first-order chi connectivity index (χ1) is 6.22. The molecule has 0 amide bonds. The molecule has 4 nitrogen and oxygen atoms in total. The topological polar surface area (TPSA) is 57.4 Å². The fourth-order valence-corrected chi connectivity index (χ4v) is 1.00. The van der Waals surface area contributed by atoms with E-state index in [0.29, 0.717) is 29.9 Å². The Morgan fingerprint density at radius 3 is 2.85 bits per heavy atom. The molecule has 1 heterocycles. The highest BCUT2D eigenvalue weighted by molar-refractivity contribution is 6.30. The van der Waals surface area contributed by atoms with E-state index in [1.807, 2.05) is 0 Å². The maximum atomic E-state index is 5.73. The maximum absolute atomic E-state index is 5.73. The Morgan fingerprint density at radius 2 is 2.23 bits per heavy atom. The third-order valence-corrected chi connectivity index (χ3v) is 1.54.